The maximum Gasteiger partial charge on any atom is 0.258 e. The van der Waals surface area contributed by atoms with E-state index in [1.807, 2.05) is 6.07 Å². The first-order valence-corrected chi connectivity index (χ1v) is 12.8. The van der Waals surface area contributed by atoms with Crippen molar-refractivity contribution in [1.29, 1.82) is 0 Å². The minimum atomic E-state index is -0.871. The molecule has 0 fully saturated rings. The van der Waals surface area contributed by atoms with E-state index in [0.717, 1.165) is 0 Å². The molecule has 0 radical (unpaired) electrons. The number of benzene rings is 2. The van der Waals surface area contributed by atoms with E-state index in [1.165, 1.54) is 24.4 Å². The summed E-state index contributed by atoms with van der Waals surface area (Å²) in [6.07, 6.45) is 4.56. The highest BCUT2D eigenvalue weighted by Gasteiger charge is 2.36. The molecule has 202 valence electrons. The molecule has 0 unspecified atom stereocenters. The lowest BCUT2D eigenvalue weighted by Gasteiger charge is -2.29. The molecule has 0 aliphatic carbocycles. The predicted octanol–water partition coefficient (Wildman–Crippen LogP) is 4.65. The summed E-state index contributed by atoms with van der Waals surface area (Å²) in [5.41, 5.74) is 2.12. The van der Waals surface area contributed by atoms with Crippen LogP contribution in [0.3, 0.4) is 0 Å². The highest BCUT2D eigenvalue weighted by atomic mass is 35.5. The zero-order chi connectivity index (χ0) is 28.2. The number of nitrogens with zero attached hydrogens (tertiary/aromatic N) is 4. The number of methoxy groups -OCH3 is 1. The number of halogens is 2. The fourth-order valence-electron chi connectivity index (χ4n) is 4.27. The third-order valence-corrected chi connectivity index (χ3v) is 6.80. The van der Waals surface area contributed by atoms with Gasteiger partial charge in [-0.3, -0.25) is 19.4 Å². The minimum absolute atomic E-state index is 0.0530. The molecule has 3 amide bonds. The van der Waals surface area contributed by atoms with Gasteiger partial charge in [0.25, 0.3) is 11.8 Å². The van der Waals surface area contributed by atoms with Crippen molar-refractivity contribution in [2.75, 3.05) is 17.7 Å². The summed E-state index contributed by atoms with van der Waals surface area (Å²) >= 11 is 12.6. The van der Waals surface area contributed by atoms with Crippen LogP contribution in [0.15, 0.2) is 73.2 Å². The number of carbonyl (C=O) groups is 3. The smallest absolute Gasteiger partial charge is 0.258 e. The summed E-state index contributed by atoms with van der Waals surface area (Å²) in [7, 11) is 1.46. The van der Waals surface area contributed by atoms with Crippen LogP contribution in [-0.2, 0) is 17.8 Å². The Bertz CT molecular complexity index is 1580. The molecule has 0 spiro atoms. The zero-order valence-electron chi connectivity index (χ0n) is 21.1. The topological polar surface area (TPSA) is 126 Å². The molecule has 0 bridgehead atoms. The van der Waals surface area contributed by atoms with Crippen molar-refractivity contribution >= 4 is 52.4 Å². The lowest BCUT2D eigenvalue weighted by atomic mass is 10.0. The zero-order valence-corrected chi connectivity index (χ0v) is 22.6. The van der Waals surface area contributed by atoms with Gasteiger partial charge in [-0.2, -0.15) is 0 Å². The van der Waals surface area contributed by atoms with Crippen molar-refractivity contribution in [3.63, 3.8) is 0 Å². The van der Waals surface area contributed by atoms with Crippen LogP contribution in [0.25, 0.3) is 0 Å². The summed E-state index contributed by atoms with van der Waals surface area (Å²) in [4.78, 5) is 53.9. The molecule has 0 saturated carbocycles. The summed E-state index contributed by atoms with van der Waals surface area (Å²) in [5.74, 6) is -0.683. The number of aromatic nitrogens is 3. The van der Waals surface area contributed by atoms with Crippen LogP contribution in [0.5, 0.6) is 5.88 Å². The molecule has 12 heteroatoms. The molecule has 10 nitrogen and oxygen atoms in total. The molecular weight excluding hydrogens is 555 g/mol. The molecule has 5 rings (SSSR count). The number of ether oxygens (including phenoxy) is 1. The Kier molecular flexibility index (Phi) is 7.90. The molecule has 1 atom stereocenters. The third-order valence-electron chi connectivity index (χ3n) is 6.25. The van der Waals surface area contributed by atoms with Crippen LogP contribution in [0.2, 0.25) is 10.0 Å². The Hall–Kier alpha value is -4.54. The number of anilines is 2. The average Bonchev–Trinajstić information content (AvgIpc) is 3.03. The van der Waals surface area contributed by atoms with Crippen LogP contribution in [0.4, 0.5) is 11.5 Å². The van der Waals surface area contributed by atoms with Crippen molar-refractivity contribution in [3.05, 3.63) is 106 Å². The monoisotopic (exact) mass is 576 g/mol. The van der Waals surface area contributed by atoms with Crippen molar-refractivity contribution in [2.24, 2.45) is 0 Å². The van der Waals surface area contributed by atoms with Gasteiger partial charge in [0, 0.05) is 29.9 Å². The molecule has 1 aliphatic rings. The molecule has 2 aromatic heterocycles. The van der Waals surface area contributed by atoms with Crippen molar-refractivity contribution in [2.45, 2.75) is 19.0 Å². The van der Waals surface area contributed by atoms with Crippen molar-refractivity contribution in [1.82, 2.24) is 19.9 Å². The summed E-state index contributed by atoms with van der Waals surface area (Å²) in [6, 6.07) is 14.1. The first-order valence-electron chi connectivity index (χ1n) is 12.1. The maximum atomic E-state index is 13.8. The summed E-state index contributed by atoms with van der Waals surface area (Å²) in [5, 5.41) is 6.02. The molecule has 40 heavy (non-hydrogen) atoms. The first kappa shape index (κ1) is 27.0. The second kappa shape index (κ2) is 11.7. The lowest BCUT2D eigenvalue weighted by Crippen LogP contribution is -2.46. The normalized spacial score (nSPS) is 14.7. The number of nitrogens with one attached hydrogen (secondary N) is 2. The summed E-state index contributed by atoms with van der Waals surface area (Å²) in [6.45, 7) is 0.0530. The lowest BCUT2D eigenvalue weighted by molar-refractivity contribution is -0.120. The van der Waals surface area contributed by atoms with Crippen molar-refractivity contribution in [3.8, 4) is 5.88 Å². The van der Waals surface area contributed by atoms with Crippen LogP contribution in [0, 0.1) is 0 Å². The highest BCUT2D eigenvalue weighted by molar-refractivity contribution is 6.34. The molecule has 2 aromatic carbocycles. The van der Waals surface area contributed by atoms with Gasteiger partial charge in [-0.15, -0.1) is 0 Å². The predicted molar refractivity (Wildman–Crippen MR) is 150 cm³/mol. The molecule has 0 saturated heterocycles. The van der Waals surface area contributed by atoms with Gasteiger partial charge in [0.15, 0.2) is 5.82 Å². The van der Waals surface area contributed by atoms with Gasteiger partial charge in [0.1, 0.15) is 6.04 Å². The Morgan fingerprint density at radius 3 is 2.60 bits per heavy atom. The second-order valence-electron chi connectivity index (χ2n) is 8.87. The van der Waals surface area contributed by atoms with Gasteiger partial charge in [-0.05, 0) is 48.0 Å². The van der Waals surface area contributed by atoms with Crippen LogP contribution in [-0.4, -0.2) is 50.7 Å². The van der Waals surface area contributed by atoms with Gasteiger partial charge >= 0.3 is 0 Å². The molecular formula is C28H22Cl2N6O4. The van der Waals surface area contributed by atoms with E-state index in [9.17, 15) is 14.4 Å². The molecule has 3 heterocycles. The molecule has 2 N–H and O–H groups in total. The first-order chi connectivity index (χ1) is 19.3. The van der Waals surface area contributed by atoms with E-state index in [4.69, 9.17) is 27.9 Å². The number of pyridine rings is 1. The Morgan fingerprint density at radius 2 is 1.90 bits per heavy atom. The Morgan fingerprint density at radius 1 is 1.05 bits per heavy atom. The second-order valence-corrected chi connectivity index (χ2v) is 9.71. The Balaban J connectivity index is 1.42. The number of amides is 3. The quantitative estimate of drug-likeness (QED) is 0.328. The van der Waals surface area contributed by atoms with E-state index < -0.39 is 11.9 Å². The largest absolute Gasteiger partial charge is 0.480 e. The SMILES string of the molecule is COc1cnc(NC(=O)c2ccc(CN3C(=O)c4ccc(Cl)cc4NC(=O)[C@H]3Cc3ccccn3)cc2Cl)cn1. The third kappa shape index (κ3) is 5.88. The van der Waals surface area contributed by atoms with Gasteiger partial charge in [0.05, 0.1) is 41.3 Å². The number of rotatable bonds is 7. The maximum absolute atomic E-state index is 13.8. The number of hydrogen-bond acceptors (Lipinski definition) is 7. The summed E-state index contributed by atoms with van der Waals surface area (Å²) < 4.78 is 4.97. The highest BCUT2D eigenvalue weighted by Crippen LogP contribution is 2.29. The fraction of sp³-hybridized carbons (Fsp3) is 0.143. The van der Waals surface area contributed by atoms with E-state index in [0.29, 0.717) is 33.4 Å². The molecule has 1 aliphatic heterocycles. The van der Waals surface area contributed by atoms with E-state index in [-0.39, 0.29) is 41.2 Å². The molecule has 4 aromatic rings. The van der Waals surface area contributed by atoms with Gasteiger partial charge in [0.2, 0.25) is 11.8 Å². The van der Waals surface area contributed by atoms with E-state index >= 15 is 0 Å². The van der Waals surface area contributed by atoms with E-state index in [1.54, 1.807) is 54.7 Å². The average molecular weight is 577 g/mol. The van der Waals surface area contributed by atoms with Gasteiger partial charge in [-0.1, -0.05) is 35.3 Å². The minimum Gasteiger partial charge on any atom is -0.480 e. The number of hydrogen-bond donors (Lipinski definition) is 2. The fourth-order valence-corrected chi connectivity index (χ4v) is 4.73. The number of fused-ring (bicyclic) bond motifs is 1. The number of carbonyl (C=O) groups excluding carboxylic acids is 3. The van der Waals surface area contributed by atoms with Crippen LogP contribution in [0.1, 0.15) is 32.0 Å². The van der Waals surface area contributed by atoms with Crippen molar-refractivity contribution < 1.29 is 19.1 Å². The van der Waals surface area contributed by atoms with Crippen LogP contribution >= 0.6 is 23.2 Å². The van der Waals surface area contributed by atoms with E-state index in [2.05, 4.69) is 25.6 Å². The van der Waals surface area contributed by atoms with Gasteiger partial charge < -0.3 is 20.3 Å². The standard InChI is InChI=1S/C28H22Cl2N6O4/c1-40-25-14-32-24(13-33-25)35-26(37)19-7-5-16(10-21(19)30)15-36-23(12-18-4-2-3-9-31-18)27(38)34-22-11-17(29)6-8-20(22)28(36)39/h2-11,13-14,23H,12,15H2,1H3,(H,34,38)(H,32,35,37)/t23-/m1/s1. The Labute approximate surface area is 239 Å². The van der Waals surface area contributed by atoms with Gasteiger partial charge in [-0.25, -0.2) is 9.97 Å². The van der Waals surface area contributed by atoms with Crippen LogP contribution < -0.4 is 15.4 Å².